The second kappa shape index (κ2) is 14.7. The number of carbonyl (C=O) groups excluding carboxylic acids is 2. The molecule has 0 heterocycles. The third kappa shape index (κ3) is 8.24. The average Bonchev–Trinajstić information content (AvgIpc) is 2.97. The molecule has 0 aliphatic carbocycles. The van der Waals surface area contributed by atoms with E-state index in [0.29, 0.717) is 27.7 Å². The maximum Gasteiger partial charge on any atom is 0.264 e. The quantitative estimate of drug-likeness (QED) is 0.238. The van der Waals surface area contributed by atoms with E-state index >= 15 is 0 Å². The van der Waals surface area contributed by atoms with Crippen molar-refractivity contribution in [1.29, 1.82) is 0 Å². The van der Waals surface area contributed by atoms with Gasteiger partial charge in [-0.05, 0) is 73.7 Å². The molecule has 7 nitrogen and oxygen atoms in total. The number of sulfonamides is 1. The van der Waals surface area contributed by atoms with Gasteiger partial charge in [-0.25, -0.2) is 8.42 Å². The van der Waals surface area contributed by atoms with Crippen molar-refractivity contribution in [2.45, 2.75) is 70.5 Å². The summed E-state index contributed by atoms with van der Waals surface area (Å²) in [7, 11) is -4.12. The van der Waals surface area contributed by atoms with Crippen molar-refractivity contribution in [3.63, 3.8) is 0 Å². The van der Waals surface area contributed by atoms with Crippen molar-refractivity contribution in [1.82, 2.24) is 10.2 Å². The van der Waals surface area contributed by atoms with Crippen molar-refractivity contribution >= 4 is 50.7 Å². The minimum Gasteiger partial charge on any atom is -0.352 e. The Morgan fingerprint density at radius 1 is 0.902 bits per heavy atom. The van der Waals surface area contributed by atoms with Crippen LogP contribution in [0.1, 0.15) is 51.7 Å². The summed E-state index contributed by atoms with van der Waals surface area (Å²) in [5.74, 6) is -0.855. The molecule has 41 heavy (non-hydrogen) atoms. The minimum atomic E-state index is -4.12. The van der Waals surface area contributed by atoms with Gasteiger partial charge < -0.3 is 10.2 Å². The summed E-state index contributed by atoms with van der Waals surface area (Å²) < 4.78 is 28.9. The van der Waals surface area contributed by atoms with Crippen LogP contribution in [0.4, 0.5) is 5.69 Å². The van der Waals surface area contributed by atoms with Gasteiger partial charge in [-0.15, -0.1) is 0 Å². The first-order valence-corrected chi connectivity index (χ1v) is 15.9. The number of rotatable bonds is 13. The van der Waals surface area contributed by atoms with Crippen LogP contribution in [0, 0.1) is 0 Å². The summed E-state index contributed by atoms with van der Waals surface area (Å²) in [4.78, 5) is 29.0. The Balaban J connectivity index is 2.07. The first-order chi connectivity index (χ1) is 19.5. The monoisotopic (exact) mass is 617 g/mol. The number of amides is 2. The normalized spacial score (nSPS) is 12.8. The molecule has 0 aliphatic heterocycles. The van der Waals surface area contributed by atoms with Crippen molar-refractivity contribution in [2.24, 2.45) is 0 Å². The molecule has 0 aromatic heterocycles. The Kier molecular flexibility index (Phi) is 11.6. The van der Waals surface area contributed by atoms with Crippen LogP contribution >= 0.6 is 23.2 Å². The minimum absolute atomic E-state index is 0.00470. The lowest BCUT2D eigenvalue weighted by Gasteiger charge is -2.34. The molecule has 0 unspecified atom stereocenters. The highest BCUT2D eigenvalue weighted by atomic mass is 35.5. The summed E-state index contributed by atoms with van der Waals surface area (Å²) in [5.41, 5.74) is 1.97. The van der Waals surface area contributed by atoms with Crippen molar-refractivity contribution in [3.8, 4) is 0 Å². The second-order valence-corrected chi connectivity index (χ2v) is 12.5. The highest BCUT2D eigenvalue weighted by Gasteiger charge is 2.34. The maximum absolute atomic E-state index is 14.1. The van der Waals surface area contributed by atoms with E-state index in [1.807, 2.05) is 39.8 Å². The Hall–Kier alpha value is -3.07. The molecule has 0 aliphatic rings. The molecule has 220 valence electrons. The fourth-order valence-corrected chi connectivity index (χ4v) is 6.24. The molecular weight excluding hydrogens is 581 g/mol. The van der Waals surface area contributed by atoms with Crippen LogP contribution in [0.2, 0.25) is 10.0 Å². The molecular formula is C31H37Cl2N3O4S. The zero-order chi connectivity index (χ0) is 30.2. The van der Waals surface area contributed by atoms with Gasteiger partial charge in [0.25, 0.3) is 10.0 Å². The van der Waals surface area contributed by atoms with E-state index in [4.69, 9.17) is 23.2 Å². The number of nitrogens with one attached hydrogen (secondary N) is 1. The maximum atomic E-state index is 14.1. The number of carbonyl (C=O) groups is 2. The Bertz CT molecular complexity index is 1430. The van der Waals surface area contributed by atoms with Gasteiger partial charge in [0, 0.05) is 22.6 Å². The van der Waals surface area contributed by atoms with Crippen molar-refractivity contribution in [3.05, 3.63) is 94.0 Å². The van der Waals surface area contributed by atoms with E-state index in [2.05, 4.69) is 5.32 Å². The predicted octanol–water partition coefficient (Wildman–Crippen LogP) is 6.47. The van der Waals surface area contributed by atoms with Gasteiger partial charge in [-0.1, -0.05) is 80.4 Å². The Labute approximate surface area is 253 Å². The summed E-state index contributed by atoms with van der Waals surface area (Å²) in [6.07, 6.45) is 1.82. The summed E-state index contributed by atoms with van der Waals surface area (Å²) >= 11 is 12.6. The topological polar surface area (TPSA) is 86.8 Å². The first-order valence-electron chi connectivity index (χ1n) is 13.7. The Morgan fingerprint density at radius 3 is 2.12 bits per heavy atom. The van der Waals surface area contributed by atoms with Crippen LogP contribution < -0.4 is 9.62 Å². The van der Waals surface area contributed by atoms with E-state index < -0.39 is 28.5 Å². The highest BCUT2D eigenvalue weighted by Crippen LogP contribution is 2.27. The third-order valence-electron chi connectivity index (χ3n) is 6.99. The van der Waals surface area contributed by atoms with Gasteiger partial charge in [-0.3, -0.25) is 13.9 Å². The number of benzene rings is 3. The van der Waals surface area contributed by atoms with E-state index in [0.717, 1.165) is 22.7 Å². The summed E-state index contributed by atoms with van der Waals surface area (Å²) in [6.45, 7) is 7.15. The largest absolute Gasteiger partial charge is 0.352 e. The Morgan fingerprint density at radius 2 is 1.56 bits per heavy atom. The number of halogens is 2. The van der Waals surface area contributed by atoms with Gasteiger partial charge in [-0.2, -0.15) is 0 Å². The second-order valence-electron chi connectivity index (χ2n) is 9.84. The van der Waals surface area contributed by atoms with E-state index in [-0.39, 0.29) is 23.4 Å². The molecule has 2 amide bonds. The molecule has 3 aromatic carbocycles. The molecule has 3 aromatic rings. The standard InChI is InChI=1S/C31H37Cl2N3O4S/c1-5-22(4)34-31(38)29(7-3)35(20-24-15-16-25(32)19-28(24)33)30(37)21-36(26-17-13-23(6-2)14-18-26)41(39,40)27-11-9-8-10-12-27/h8-19,22,29H,5-7,20-21H2,1-4H3,(H,34,38)/t22-,29+/m0/s1. The summed E-state index contributed by atoms with van der Waals surface area (Å²) in [6, 6.07) is 19.0. The first kappa shape index (κ1) is 32.4. The molecule has 1 N–H and O–H groups in total. The van der Waals surface area contributed by atoms with Crippen LogP contribution in [0.5, 0.6) is 0 Å². The van der Waals surface area contributed by atoms with Crippen LogP contribution in [-0.2, 0) is 32.6 Å². The van der Waals surface area contributed by atoms with Gasteiger partial charge >= 0.3 is 0 Å². The lowest BCUT2D eigenvalue weighted by atomic mass is 10.1. The number of hydrogen-bond donors (Lipinski definition) is 1. The van der Waals surface area contributed by atoms with Crippen LogP contribution in [0.15, 0.2) is 77.7 Å². The van der Waals surface area contributed by atoms with Gasteiger partial charge in [0.05, 0.1) is 10.6 Å². The number of anilines is 1. The fourth-order valence-electron chi connectivity index (χ4n) is 4.34. The average molecular weight is 619 g/mol. The molecule has 2 atom stereocenters. The SMILES string of the molecule is CCc1ccc(N(CC(=O)N(Cc2ccc(Cl)cc2Cl)[C@H](CC)C(=O)N[C@@H](C)CC)S(=O)(=O)c2ccccc2)cc1. The van der Waals surface area contributed by atoms with E-state index in [1.165, 1.54) is 17.0 Å². The lowest BCUT2D eigenvalue weighted by molar-refractivity contribution is -0.140. The zero-order valence-corrected chi connectivity index (χ0v) is 26.1. The molecule has 0 saturated heterocycles. The molecule has 0 saturated carbocycles. The van der Waals surface area contributed by atoms with Crippen LogP contribution in [0.3, 0.4) is 0 Å². The lowest BCUT2D eigenvalue weighted by Crippen LogP contribution is -2.53. The number of hydrogen-bond acceptors (Lipinski definition) is 4. The number of nitrogens with zero attached hydrogens (tertiary/aromatic N) is 2. The predicted molar refractivity (Wildman–Crippen MR) is 166 cm³/mol. The van der Waals surface area contributed by atoms with Gasteiger partial charge in [0.2, 0.25) is 11.8 Å². The van der Waals surface area contributed by atoms with Gasteiger partial charge in [0.15, 0.2) is 0 Å². The van der Waals surface area contributed by atoms with Crippen molar-refractivity contribution in [2.75, 3.05) is 10.8 Å². The van der Waals surface area contributed by atoms with Gasteiger partial charge in [0.1, 0.15) is 12.6 Å². The molecule has 0 radical (unpaired) electrons. The zero-order valence-electron chi connectivity index (χ0n) is 23.8. The number of aryl methyl sites for hydroxylation is 1. The van der Waals surface area contributed by atoms with E-state index in [9.17, 15) is 18.0 Å². The van der Waals surface area contributed by atoms with Crippen LogP contribution in [-0.4, -0.2) is 43.8 Å². The van der Waals surface area contributed by atoms with Crippen LogP contribution in [0.25, 0.3) is 0 Å². The highest BCUT2D eigenvalue weighted by molar-refractivity contribution is 7.92. The molecule has 3 rings (SSSR count). The third-order valence-corrected chi connectivity index (χ3v) is 9.36. The fraction of sp³-hybridized carbons (Fsp3) is 0.355. The molecule has 0 bridgehead atoms. The summed E-state index contributed by atoms with van der Waals surface area (Å²) in [5, 5.41) is 3.74. The molecule has 0 spiro atoms. The smallest absolute Gasteiger partial charge is 0.264 e. The van der Waals surface area contributed by atoms with E-state index in [1.54, 1.807) is 48.5 Å². The molecule has 10 heteroatoms. The molecule has 0 fully saturated rings. The van der Waals surface area contributed by atoms with Crippen molar-refractivity contribution < 1.29 is 18.0 Å².